The molecular weight excluding hydrogens is 309 g/mol. The van der Waals surface area contributed by atoms with Gasteiger partial charge in [0.05, 0.1) is 6.10 Å². The van der Waals surface area contributed by atoms with Gasteiger partial charge in [-0.2, -0.15) is 0 Å². The van der Waals surface area contributed by atoms with Gasteiger partial charge in [0, 0.05) is 16.7 Å². The van der Waals surface area contributed by atoms with Crippen molar-refractivity contribution in [2.24, 2.45) is 0 Å². The summed E-state index contributed by atoms with van der Waals surface area (Å²) in [5.74, 6) is -0.337. The minimum atomic E-state index is -0.736. The van der Waals surface area contributed by atoms with Gasteiger partial charge in [-0.25, -0.2) is 4.39 Å². The maximum Gasteiger partial charge on any atom is 0.123 e. The molecule has 1 unspecified atom stereocenters. The summed E-state index contributed by atoms with van der Waals surface area (Å²) in [5.41, 5.74) is 2.61. The molecule has 0 fully saturated rings. The van der Waals surface area contributed by atoms with Crippen molar-refractivity contribution in [1.82, 2.24) is 0 Å². The van der Waals surface area contributed by atoms with Crippen LogP contribution in [-0.4, -0.2) is 11.7 Å². The minimum absolute atomic E-state index is 0.337. The van der Waals surface area contributed by atoms with E-state index in [1.807, 2.05) is 25.1 Å². The van der Waals surface area contributed by atoms with Gasteiger partial charge in [-0.15, -0.1) is 0 Å². The molecule has 2 rings (SSSR count). The van der Waals surface area contributed by atoms with E-state index < -0.39 is 6.10 Å². The quantitative estimate of drug-likeness (QED) is 0.889. The number of rotatable bonds is 4. The Hall–Kier alpha value is -1.39. The minimum Gasteiger partial charge on any atom is -0.387 e. The fourth-order valence-electron chi connectivity index (χ4n) is 1.80. The highest BCUT2D eigenvalue weighted by atomic mass is 79.9. The van der Waals surface area contributed by atoms with Gasteiger partial charge in [-0.05, 0) is 48.4 Å². The molecule has 0 amide bonds. The summed E-state index contributed by atoms with van der Waals surface area (Å²) in [6.45, 7) is 2.34. The van der Waals surface area contributed by atoms with E-state index in [1.54, 1.807) is 12.1 Å². The third kappa shape index (κ3) is 3.78. The summed E-state index contributed by atoms with van der Waals surface area (Å²) in [6, 6.07) is 11.9. The first-order valence-corrected chi connectivity index (χ1v) is 6.79. The second-order valence-electron chi connectivity index (χ2n) is 4.42. The maximum absolute atomic E-state index is 13.1. The summed E-state index contributed by atoms with van der Waals surface area (Å²) >= 11 is 3.44. The molecule has 2 N–H and O–H groups in total. The number of aliphatic hydroxyl groups excluding tert-OH is 1. The first kappa shape index (κ1) is 14.0. The Labute approximate surface area is 120 Å². The molecule has 0 aliphatic rings. The lowest BCUT2D eigenvalue weighted by Gasteiger charge is -2.14. The van der Waals surface area contributed by atoms with E-state index in [0.717, 1.165) is 15.7 Å². The van der Waals surface area contributed by atoms with Crippen molar-refractivity contribution in [3.63, 3.8) is 0 Å². The SMILES string of the molecule is Cc1cc(NCC(O)c2cccc(F)c2)ccc1Br. The molecule has 4 heteroatoms. The van der Waals surface area contributed by atoms with Gasteiger partial charge < -0.3 is 10.4 Å². The molecule has 0 aliphatic heterocycles. The molecule has 2 nitrogen and oxygen atoms in total. The zero-order valence-electron chi connectivity index (χ0n) is 10.5. The molecule has 0 saturated heterocycles. The summed E-state index contributed by atoms with van der Waals surface area (Å²) in [7, 11) is 0. The lowest BCUT2D eigenvalue weighted by atomic mass is 10.1. The van der Waals surface area contributed by atoms with Crippen LogP contribution in [0.5, 0.6) is 0 Å². The molecule has 0 radical (unpaired) electrons. The number of benzene rings is 2. The number of hydrogen-bond donors (Lipinski definition) is 2. The van der Waals surface area contributed by atoms with Gasteiger partial charge >= 0.3 is 0 Å². The van der Waals surface area contributed by atoms with Gasteiger partial charge in [0.15, 0.2) is 0 Å². The van der Waals surface area contributed by atoms with Gasteiger partial charge in [0.25, 0.3) is 0 Å². The van der Waals surface area contributed by atoms with Gasteiger partial charge in [0.2, 0.25) is 0 Å². The van der Waals surface area contributed by atoms with E-state index in [4.69, 9.17) is 0 Å². The second kappa shape index (κ2) is 6.17. The first-order valence-electron chi connectivity index (χ1n) is 6.00. The Morgan fingerprint density at radius 1 is 1.26 bits per heavy atom. The van der Waals surface area contributed by atoms with Crippen LogP contribution in [0.25, 0.3) is 0 Å². The van der Waals surface area contributed by atoms with Crippen molar-refractivity contribution >= 4 is 21.6 Å². The molecule has 0 saturated carbocycles. The average molecular weight is 324 g/mol. The van der Waals surface area contributed by atoms with Crippen molar-refractivity contribution in [3.05, 3.63) is 63.9 Å². The highest BCUT2D eigenvalue weighted by Crippen LogP contribution is 2.21. The van der Waals surface area contributed by atoms with Crippen LogP contribution in [0.4, 0.5) is 10.1 Å². The molecule has 100 valence electrons. The smallest absolute Gasteiger partial charge is 0.123 e. The van der Waals surface area contributed by atoms with Gasteiger partial charge in [-0.1, -0.05) is 28.1 Å². The fourth-order valence-corrected chi connectivity index (χ4v) is 2.05. The normalized spacial score (nSPS) is 12.2. The van der Waals surface area contributed by atoms with Crippen LogP contribution < -0.4 is 5.32 Å². The van der Waals surface area contributed by atoms with Gasteiger partial charge in [0.1, 0.15) is 5.82 Å². The molecule has 0 aromatic heterocycles. The number of nitrogens with one attached hydrogen (secondary N) is 1. The number of halogens is 2. The number of aryl methyl sites for hydroxylation is 1. The predicted octanol–water partition coefficient (Wildman–Crippen LogP) is 4.04. The van der Waals surface area contributed by atoms with E-state index >= 15 is 0 Å². The topological polar surface area (TPSA) is 32.3 Å². The molecule has 2 aromatic carbocycles. The molecule has 0 heterocycles. The highest BCUT2D eigenvalue weighted by molar-refractivity contribution is 9.10. The molecule has 2 aromatic rings. The second-order valence-corrected chi connectivity index (χ2v) is 5.27. The lowest BCUT2D eigenvalue weighted by molar-refractivity contribution is 0.191. The molecular formula is C15H15BrFNO. The van der Waals surface area contributed by atoms with Gasteiger partial charge in [-0.3, -0.25) is 0 Å². The lowest BCUT2D eigenvalue weighted by Crippen LogP contribution is -2.12. The summed E-state index contributed by atoms with van der Waals surface area (Å²) in [6.07, 6.45) is -0.736. The Kier molecular flexibility index (Phi) is 4.56. The molecule has 0 spiro atoms. The predicted molar refractivity (Wildman–Crippen MR) is 78.7 cm³/mol. The van der Waals surface area contributed by atoms with Crippen molar-refractivity contribution in [2.75, 3.05) is 11.9 Å². The van der Waals surface area contributed by atoms with Crippen molar-refractivity contribution < 1.29 is 9.50 Å². The third-order valence-electron chi connectivity index (χ3n) is 2.89. The Morgan fingerprint density at radius 3 is 2.74 bits per heavy atom. The summed E-state index contributed by atoms with van der Waals surface area (Å²) < 4.78 is 14.1. The van der Waals surface area contributed by atoms with E-state index in [9.17, 15) is 9.50 Å². The van der Waals surface area contributed by atoms with E-state index in [1.165, 1.54) is 12.1 Å². The van der Waals surface area contributed by atoms with E-state index in [2.05, 4.69) is 21.2 Å². The van der Waals surface area contributed by atoms with E-state index in [-0.39, 0.29) is 5.82 Å². The van der Waals surface area contributed by atoms with Crippen LogP contribution in [0.15, 0.2) is 46.9 Å². The molecule has 0 aliphatic carbocycles. The molecule has 1 atom stereocenters. The summed E-state index contributed by atoms with van der Waals surface area (Å²) in [4.78, 5) is 0. The number of hydrogen-bond acceptors (Lipinski definition) is 2. The maximum atomic E-state index is 13.1. The van der Waals surface area contributed by atoms with Crippen LogP contribution in [0, 0.1) is 12.7 Å². The Balaban J connectivity index is 2.00. The third-order valence-corrected chi connectivity index (χ3v) is 3.78. The highest BCUT2D eigenvalue weighted by Gasteiger charge is 2.08. The van der Waals surface area contributed by atoms with Crippen molar-refractivity contribution in [2.45, 2.75) is 13.0 Å². The van der Waals surface area contributed by atoms with Crippen molar-refractivity contribution in [1.29, 1.82) is 0 Å². The summed E-state index contributed by atoms with van der Waals surface area (Å²) in [5, 5.41) is 13.1. The first-order chi connectivity index (χ1) is 9.06. The number of anilines is 1. The standard InChI is InChI=1S/C15H15BrFNO/c1-10-7-13(5-6-14(10)16)18-9-15(19)11-3-2-4-12(17)8-11/h2-8,15,18-19H,9H2,1H3. The number of aliphatic hydroxyl groups is 1. The zero-order chi connectivity index (χ0) is 13.8. The fraction of sp³-hybridized carbons (Fsp3) is 0.200. The van der Waals surface area contributed by atoms with Crippen LogP contribution in [0.1, 0.15) is 17.2 Å². The van der Waals surface area contributed by atoms with Crippen molar-refractivity contribution in [3.8, 4) is 0 Å². The molecule has 0 bridgehead atoms. The zero-order valence-corrected chi connectivity index (χ0v) is 12.1. The van der Waals surface area contributed by atoms with Crippen LogP contribution in [0.3, 0.4) is 0 Å². The largest absolute Gasteiger partial charge is 0.387 e. The van der Waals surface area contributed by atoms with Crippen LogP contribution in [-0.2, 0) is 0 Å². The van der Waals surface area contributed by atoms with Crippen LogP contribution in [0.2, 0.25) is 0 Å². The average Bonchev–Trinajstić information content (AvgIpc) is 2.40. The monoisotopic (exact) mass is 323 g/mol. The van der Waals surface area contributed by atoms with Crippen LogP contribution >= 0.6 is 15.9 Å². The molecule has 19 heavy (non-hydrogen) atoms. The Bertz CT molecular complexity index is 574. The van der Waals surface area contributed by atoms with E-state index in [0.29, 0.717) is 12.1 Å². The Morgan fingerprint density at radius 2 is 2.05 bits per heavy atom.